The predicted octanol–water partition coefficient (Wildman–Crippen LogP) is 2.64. The summed E-state index contributed by atoms with van der Waals surface area (Å²) in [5, 5.41) is 10.5. The van der Waals surface area contributed by atoms with Crippen molar-refractivity contribution in [3.8, 4) is 0 Å². The zero-order valence-corrected chi connectivity index (χ0v) is 14.1. The molecule has 0 bridgehead atoms. The number of aryl methyl sites for hydroxylation is 3. The van der Waals surface area contributed by atoms with Crippen LogP contribution in [0, 0.1) is 6.92 Å². The summed E-state index contributed by atoms with van der Waals surface area (Å²) in [7, 11) is 1.75. The number of alkyl halides is 3. The summed E-state index contributed by atoms with van der Waals surface area (Å²) >= 11 is 0. The summed E-state index contributed by atoms with van der Waals surface area (Å²) in [6, 6.07) is 2.83. The lowest BCUT2D eigenvalue weighted by Gasteiger charge is -2.07. The van der Waals surface area contributed by atoms with E-state index in [2.05, 4.69) is 15.5 Å². The first-order valence-corrected chi connectivity index (χ1v) is 8.19. The summed E-state index contributed by atoms with van der Waals surface area (Å²) in [5.41, 5.74) is 0.994. The molecule has 0 radical (unpaired) electrons. The molecule has 0 saturated heterocycles. The van der Waals surface area contributed by atoms with Gasteiger partial charge in [0.15, 0.2) is 5.69 Å². The van der Waals surface area contributed by atoms with Gasteiger partial charge in [0.25, 0.3) is 5.91 Å². The summed E-state index contributed by atoms with van der Waals surface area (Å²) in [5.74, 6) is -0.114. The van der Waals surface area contributed by atoms with Gasteiger partial charge < -0.3 is 5.32 Å². The number of hydrogen-bond donors (Lipinski definition) is 1. The number of halogens is 3. The van der Waals surface area contributed by atoms with E-state index >= 15 is 0 Å². The second kappa shape index (κ2) is 6.53. The topological polar surface area (TPSA) is 64.7 Å². The number of rotatable bonds is 6. The number of hydrogen-bond acceptors (Lipinski definition) is 3. The Balaban J connectivity index is 1.55. The highest BCUT2D eigenvalue weighted by Gasteiger charge is 2.37. The number of carbonyl (C=O) groups excluding carboxylic acids is 1. The zero-order valence-electron chi connectivity index (χ0n) is 14.1. The monoisotopic (exact) mass is 355 g/mol. The fraction of sp³-hybridized carbons (Fsp3) is 0.562. The Morgan fingerprint density at radius 1 is 1.32 bits per heavy atom. The van der Waals surface area contributed by atoms with E-state index < -0.39 is 11.9 Å². The molecule has 1 N–H and O–H groups in total. The van der Waals surface area contributed by atoms with E-state index in [1.807, 2.05) is 6.92 Å². The second-order valence-corrected chi connectivity index (χ2v) is 6.35. The highest BCUT2D eigenvalue weighted by atomic mass is 19.4. The van der Waals surface area contributed by atoms with Crippen molar-refractivity contribution >= 4 is 5.91 Å². The number of nitrogens with one attached hydrogen (secondary N) is 1. The number of amides is 1. The Morgan fingerprint density at radius 2 is 2.04 bits per heavy atom. The van der Waals surface area contributed by atoms with Gasteiger partial charge in [-0.25, -0.2) is 0 Å². The molecule has 25 heavy (non-hydrogen) atoms. The fourth-order valence-electron chi connectivity index (χ4n) is 2.65. The van der Waals surface area contributed by atoms with Crippen LogP contribution in [0.4, 0.5) is 13.2 Å². The zero-order chi connectivity index (χ0) is 18.2. The first-order chi connectivity index (χ1) is 11.8. The highest BCUT2D eigenvalue weighted by molar-refractivity contribution is 5.92. The van der Waals surface area contributed by atoms with E-state index in [0.29, 0.717) is 30.9 Å². The summed E-state index contributed by atoms with van der Waals surface area (Å²) in [6.45, 7) is 2.53. The lowest BCUT2D eigenvalue weighted by Crippen LogP contribution is -2.26. The largest absolute Gasteiger partial charge is 0.435 e. The van der Waals surface area contributed by atoms with Gasteiger partial charge in [-0.3, -0.25) is 14.2 Å². The van der Waals surface area contributed by atoms with Crippen molar-refractivity contribution in [2.45, 2.75) is 44.8 Å². The van der Waals surface area contributed by atoms with Gasteiger partial charge in [-0.15, -0.1) is 0 Å². The van der Waals surface area contributed by atoms with E-state index in [4.69, 9.17) is 0 Å². The average molecular weight is 355 g/mol. The molecule has 9 heteroatoms. The van der Waals surface area contributed by atoms with Crippen molar-refractivity contribution in [2.24, 2.45) is 7.05 Å². The molecule has 1 fully saturated rings. The van der Waals surface area contributed by atoms with Crippen LogP contribution in [0.5, 0.6) is 0 Å². The molecule has 1 aliphatic carbocycles. The van der Waals surface area contributed by atoms with Crippen LogP contribution in [0.1, 0.15) is 52.8 Å². The predicted molar refractivity (Wildman–Crippen MR) is 84.1 cm³/mol. The first-order valence-electron chi connectivity index (χ1n) is 8.19. The van der Waals surface area contributed by atoms with E-state index in [9.17, 15) is 18.0 Å². The van der Waals surface area contributed by atoms with Crippen molar-refractivity contribution in [3.63, 3.8) is 0 Å². The molecule has 2 aromatic heterocycles. The molecule has 2 aromatic rings. The molecule has 0 aromatic carbocycles. The molecular weight excluding hydrogens is 335 g/mol. The van der Waals surface area contributed by atoms with Crippen molar-refractivity contribution in [1.82, 2.24) is 24.9 Å². The maximum atomic E-state index is 12.8. The van der Waals surface area contributed by atoms with E-state index in [1.54, 1.807) is 17.8 Å². The van der Waals surface area contributed by atoms with Crippen molar-refractivity contribution < 1.29 is 18.0 Å². The van der Waals surface area contributed by atoms with Crippen LogP contribution in [-0.4, -0.2) is 32.0 Å². The van der Waals surface area contributed by atoms with Crippen LogP contribution < -0.4 is 5.32 Å². The number of nitrogens with zero attached hydrogens (tertiary/aromatic N) is 4. The van der Waals surface area contributed by atoms with Crippen LogP contribution in [0.25, 0.3) is 0 Å². The molecule has 6 nitrogen and oxygen atoms in total. The Kier molecular flexibility index (Phi) is 4.57. The van der Waals surface area contributed by atoms with Crippen LogP contribution in [0.15, 0.2) is 12.1 Å². The minimum Gasteiger partial charge on any atom is -0.351 e. The van der Waals surface area contributed by atoms with E-state index in [-0.39, 0.29) is 11.8 Å². The normalized spacial score (nSPS) is 14.8. The lowest BCUT2D eigenvalue weighted by atomic mass is 10.2. The van der Waals surface area contributed by atoms with Crippen molar-refractivity contribution in [2.75, 3.05) is 6.54 Å². The number of carbonyl (C=O) groups is 1. The Bertz CT molecular complexity index is 754. The maximum Gasteiger partial charge on any atom is 0.435 e. The number of aromatic nitrogens is 4. The van der Waals surface area contributed by atoms with Gasteiger partial charge in [0, 0.05) is 37.4 Å². The third-order valence-corrected chi connectivity index (χ3v) is 4.28. The van der Waals surface area contributed by atoms with Crippen molar-refractivity contribution in [1.29, 1.82) is 0 Å². The smallest absolute Gasteiger partial charge is 0.351 e. The van der Waals surface area contributed by atoms with Crippen LogP contribution in [0.2, 0.25) is 0 Å². The summed E-state index contributed by atoms with van der Waals surface area (Å²) < 4.78 is 41.6. The van der Waals surface area contributed by atoms with Crippen LogP contribution in [-0.2, 0) is 19.8 Å². The molecule has 0 aliphatic heterocycles. The quantitative estimate of drug-likeness (QED) is 0.810. The molecule has 2 heterocycles. The standard InChI is InChI=1S/C16H20F3N5O/c1-10-8-12(21-23(10)2)15(25)20-6-3-7-24-13(11-4-5-11)9-14(22-24)16(17,18)19/h8-9,11H,3-7H2,1-2H3,(H,20,25). The minimum atomic E-state index is -4.43. The molecule has 0 spiro atoms. The van der Waals surface area contributed by atoms with Gasteiger partial charge in [0.05, 0.1) is 0 Å². The first kappa shape index (κ1) is 17.5. The molecule has 1 saturated carbocycles. The van der Waals surface area contributed by atoms with Gasteiger partial charge in [0.1, 0.15) is 5.69 Å². The molecular formula is C16H20F3N5O. The van der Waals surface area contributed by atoms with Gasteiger partial charge in [0.2, 0.25) is 0 Å². The van der Waals surface area contributed by atoms with E-state index in [1.165, 1.54) is 4.68 Å². The second-order valence-electron chi connectivity index (χ2n) is 6.35. The summed E-state index contributed by atoms with van der Waals surface area (Å²) in [4.78, 5) is 12.0. The van der Waals surface area contributed by atoms with Gasteiger partial charge in [-0.2, -0.15) is 23.4 Å². The Hall–Kier alpha value is -2.32. The minimum absolute atomic E-state index is 0.176. The van der Waals surface area contributed by atoms with Gasteiger partial charge in [-0.05, 0) is 38.3 Å². The van der Waals surface area contributed by atoms with Crippen molar-refractivity contribution in [3.05, 3.63) is 34.9 Å². The molecule has 0 unspecified atom stereocenters. The SMILES string of the molecule is Cc1cc(C(=O)NCCCn2nc(C(F)(F)F)cc2C2CC2)nn1C. The third kappa shape index (κ3) is 4.02. The third-order valence-electron chi connectivity index (χ3n) is 4.28. The van der Waals surface area contributed by atoms with E-state index in [0.717, 1.165) is 24.6 Å². The Morgan fingerprint density at radius 3 is 2.60 bits per heavy atom. The fourth-order valence-corrected chi connectivity index (χ4v) is 2.65. The summed E-state index contributed by atoms with van der Waals surface area (Å²) in [6.07, 6.45) is -2.13. The molecule has 3 rings (SSSR count). The van der Waals surface area contributed by atoms with Crippen LogP contribution >= 0.6 is 0 Å². The molecule has 136 valence electrons. The van der Waals surface area contributed by atoms with Gasteiger partial charge >= 0.3 is 6.18 Å². The molecule has 1 aliphatic rings. The lowest BCUT2D eigenvalue weighted by molar-refractivity contribution is -0.141. The Labute approximate surface area is 143 Å². The van der Waals surface area contributed by atoms with Gasteiger partial charge in [-0.1, -0.05) is 0 Å². The molecule has 0 atom stereocenters. The average Bonchev–Trinajstić information content (AvgIpc) is 3.19. The van der Waals surface area contributed by atoms with Crippen LogP contribution in [0.3, 0.4) is 0 Å². The highest BCUT2D eigenvalue weighted by Crippen LogP contribution is 2.42. The maximum absolute atomic E-state index is 12.8. The molecule has 1 amide bonds.